The Morgan fingerprint density at radius 1 is 1.11 bits per heavy atom. The lowest BCUT2D eigenvalue weighted by Crippen LogP contribution is -2.22. The predicted octanol–water partition coefficient (Wildman–Crippen LogP) is 3.69. The minimum absolute atomic E-state index is 0.105. The van der Waals surface area contributed by atoms with Gasteiger partial charge in [0.15, 0.2) is 5.65 Å². The molecule has 0 bridgehead atoms. The van der Waals surface area contributed by atoms with Crippen LogP contribution in [0.3, 0.4) is 0 Å². The summed E-state index contributed by atoms with van der Waals surface area (Å²) < 4.78 is 1.23. The lowest BCUT2D eigenvalue weighted by atomic mass is 10.1. The van der Waals surface area contributed by atoms with Crippen molar-refractivity contribution in [1.29, 1.82) is 0 Å². The molecule has 2 heterocycles. The van der Waals surface area contributed by atoms with E-state index < -0.39 is 0 Å². The standard InChI is InChI=1S/C20H15ClN4O2/c21-15-8-6-14(7-9-15)17-10-18(26)25-19(24-17)16(12-23-25)20(27)22-11-13-4-2-1-3-5-13/h1-10,12,26H,11H2,(H,22,27). The van der Waals surface area contributed by atoms with Crippen molar-refractivity contribution in [1.82, 2.24) is 19.9 Å². The second-order valence-electron chi connectivity index (χ2n) is 5.97. The Kier molecular flexibility index (Phi) is 4.48. The Balaban J connectivity index is 1.67. The van der Waals surface area contributed by atoms with E-state index in [9.17, 15) is 9.90 Å². The first-order valence-electron chi connectivity index (χ1n) is 8.27. The van der Waals surface area contributed by atoms with Gasteiger partial charge in [0.1, 0.15) is 5.56 Å². The molecule has 0 saturated carbocycles. The second-order valence-corrected chi connectivity index (χ2v) is 6.40. The van der Waals surface area contributed by atoms with Gasteiger partial charge in [0, 0.05) is 23.2 Å². The molecule has 134 valence electrons. The van der Waals surface area contributed by atoms with Gasteiger partial charge in [-0.05, 0) is 17.7 Å². The van der Waals surface area contributed by atoms with Gasteiger partial charge in [0.05, 0.1) is 11.9 Å². The van der Waals surface area contributed by atoms with Gasteiger partial charge in [-0.15, -0.1) is 0 Å². The Labute approximate surface area is 160 Å². The second kappa shape index (κ2) is 7.09. The Bertz CT molecular complexity index is 1110. The molecule has 0 aliphatic carbocycles. The summed E-state index contributed by atoms with van der Waals surface area (Å²) in [4.78, 5) is 17.1. The van der Waals surface area contributed by atoms with E-state index in [1.165, 1.54) is 16.8 Å². The van der Waals surface area contributed by atoms with Crippen LogP contribution in [0, 0.1) is 0 Å². The minimum atomic E-state index is -0.311. The monoisotopic (exact) mass is 378 g/mol. The van der Waals surface area contributed by atoms with Crippen LogP contribution in [0.15, 0.2) is 66.9 Å². The normalized spacial score (nSPS) is 10.9. The quantitative estimate of drug-likeness (QED) is 0.567. The predicted molar refractivity (Wildman–Crippen MR) is 103 cm³/mol. The smallest absolute Gasteiger partial charge is 0.257 e. The average molecular weight is 379 g/mol. The fourth-order valence-electron chi connectivity index (χ4n) is 2.75. The molecule has 0 aliphatic heterocycles. The number of carbonyl (C=O) groups excluding carboxylic acids is 1. The van der Waals surface area contributed by atoms with Crippen molar-refractivity contribution < 1.29 is 9.90 Å². The zero-order valence-corrected chi connectivity index (χ0v) is 14.9. The molecule has 2 aromatic heterocycles. The first kappa shape index (κ1) is 17.1. The molecular formula is C20H15ClN4O2. The molecule has 0 unspecified atom stereocenters. The minimum Gasteiger partial charge on any atom is -0.493 e. The number of amides is 1. The highest BCUT2D eigenvalue weighted by molar-refractivity contribution is 6.30. The summed E-state index contributed by atoms with van der Waals surface area (Å²) in [5.74, 6) is -0.416. The van der Waals surface area contributed by atoms with Crippen LogP contribution in [-0.2, 0) is 6.54 Å². The van der Waals surface area contributed by atoms with Crippen molar-refractivity contribution in [2.45, 2.75) is 6.54 Å². The van der Waals surface area contributed by atoms with Gasteiger partial charge < -0.3 is 10.4 Å². The number of nitrogens with one attached hydrogen (secondary N) is 1. The number of halogens is 1. The van der Waals surface area contributed by atoms with Crippen molar-refractivity contribution in [3.8, 4) is 17.1 Å². The molecule has 0 aliphatic rings. The first-order chi connectivity index (χ1) is 13.1. The van der Waals surface area contributed by atoms with Crippen molar-refractivity contribution in [3.63, 3.8) is 0 Å². The number of hydrogen-bond donors (Lipinski definition) is 2. The van der Waals surface area contributed by atoms with Gasteiger partial charge in [-0.25, -0.2) is 4.98 Å². The van der Waals surface area contributed by atoms with Crippen LogP contribution in [0.2, 0.25) is 5.02 Å². The molecule has 4 rings (SSSR count). The third kappa shape index (κ3) is 3.47. The van der Waals surface area contributed by atoms with E-state index in [0.29, 0.717) is 17.3 Å². The maximum atomic E-state index is 12.6. The molecule has 0 fully saturated rings. The summed E-state index contributed by atoms with van der Waals surface area (Å²) in [5, 5.41) is 17.8. The van der Waals surface area contributed by atoms with Crippen molar-refractivity contribution in [3.05, 3.63) is 83.0 Å². The van der Waals surface area contributed by atoms with Crippen LogP contribution in [0.25, 0.3) is 16.9 Å². The summed E-state index contributed by atoms with van der Waals surface area (Å²) in [6.07, 6.45) is 1.40. The Morgan fingerprint density at radius 2 is 1.85 bits per heavy atom. The van der Waals surface area contributed by atoms with Gasteiger partial charge in [0.2, 0.25) is 5.88 Å². The summed E-state index contributed by atoms with van der Waals surface area (Å²) >= 11 is 5.92. The molecule has 0 saturated heterocycles. The largest absolute Gasteiger partial charge is 0.493 e. The first-order valence-corrected chi connectivity index (χ1v) is 8.65. The van der Waals surface area contributed by atoms with Crippen LogP contribution in [0.1, 0.15) is 15.9 Å². The molecule has 0 radical (unpaired) electrons. The molecule has 0 atom stereocenters. The lowest BCUT2D eigenvalue weighted by molar-refractivity contribution is 0.0952. The van der Waals surface area contributed by atoms with Gasteiger partial charge in [-0.1, -0.05) is 54.1 Å². The molecule has 6 nitrogen and oxygen atoms in total. The number of hydrogen-bond acceptors (Lipinski definition) is 4. The summed E-state index contributed by atoms with van der Waals surface area (Å²) in [6, 6.07) is 18.2. The van der Waals surface area contributed by atoms with E-state index in [0.717, 1.165) is 11.1 Å². The Hall–Kier alpha value is -3.38. The van der Waals surface area contributed by atoms with E-state index in [4.69, 9.17) is 11.6 Å². The highest BCUT2D eigenvalue weighted by atomic mass is 35.5. The van der Waals surface area contributed by atoms with Gasteiger partial charge in [-0.2, -0.15) is 9.61 Å². The molecule has 7 heteroatoms. The molecule has 1 amide bonds. The topological polar surface area (TPSA) is 79.5 Å². The molecular weight excluding hydrogens is 364 g/mol. The molecule has 0 spiro atoms. The fraction of sp³-hybridized carbons (Fsp3) is 0.0500. The number of nitrogens with zero attached hydrogens (tertiary/aromatic N) is 3. The molecule has 4 aromatic rings. The number of aromatic nitrogens is 3. The number of aromatic hydroxyl groups is 1. The molecule has 2 aromatic carbocycles. The average Bonchev–Trinajstić information content (AvgIpc) is 3.12. The number of carbonyl (C=O) groups is 1. The highest BCUT2D eigenvalue weighted by Gasteiger charge is 2.17. The van der Waals surface area contributed by atoms with Crippen LogP contribution < -0.4 is 5.32 Å². The third-order valence-corrected chi connectivity index (χ3v) is 4.39. The fourth-order valence-corrected chi connectivity index (χ4v) is 2.88. The van der Waals surface area contributed by atoms with Gasteiger partial charge >= 0.3 is 0 Å². The van der Waals surface area contributed by atoms with Crippen molar-refractivity contribution >= 4 is 23.2 Å². The maximum Gasteiger partial charge on any atom is 0.257 e. The molecule has 2 N–H and O–H groups in total. The van der Waals surface area contributed by atoms with Crippen molar-refractivity contribution in [2.24, 2.45) is 0 Å². The van der Waals surface area contributed by atoms with E-state index in [1.54, 1.807) is 24.3 Å². The van der Waals surface area contributed by atoms with Gasteiger partial charge in [-0.3, -0.25) is 4.79 Å². The van der Waals surface area contributed by atoms with E-state index in [1.807, 2.05) is 30.3 Å². The van der Waals surface area contributed by atoms with E-state index in [-0.39, 0.29) is 23.0 Å². The maximum absolute atomic E-state index is 12.6. The highest BCUT2D eigenvalue weighted by Crippen LogP contribution is 2.25. The summed E-state index contributed by atoms with van der Waals surface area (Å²) in [5.41, 5.74) is 2.85. The number of fused-ring (bicyclic) bond motifs is 1. The third-order valence-electron chi connectivity index (χ3n) is 4.13. The zero-order chi connectivity index (χ0) is 18.8. The lowest BCUT2D eigenvalue weighted by Gasteiger charge is -2.06. The zero-order valence-electron chi connectivity index (χ0n) is 14.1. The van der Waals surface area contributed by atoms with Crippen LogP contribution in [0.4, 0.5) is 0 Å². The number of rotatable bonds is 4. The SMILES string of the molecule is O=C(NCc1ccccc1)c1cnn2c(O)cc(-c3ccc(Cl)cc3)nc12. The summed E-state index contributed by atoms with van der Waals surface area (Å²) in [6.45, 7) is 0.389. The van der Waals surface area contributed by atoms with Crippen LogP contribution >= 0.6 is 11.6 Å². The Morgan fingerprint density at radius 3 is 2.59 bits per heavy atom. The molecule has 27 heavy (non-hydrogen) atoms. The van der Waals surface area contributed by atoms with Gasteiger partial charge in [0.25, 0.3) is 5.91 Å². The van der Waals surface area contributed by atoms with Crippen LogP contribution in [-0.4, -0.2) is 25.6 Å². The number of benzene rings is 2. The van der Waals surface area contributed by atoms with Crippen molar-refractivity contribution in [2.75, 3.05) is 0 Å². The van der Waals surface area contributed by atoms with Crippen LogP contribution in [0.5, 0.6) is 5.88 Å². The van der Waals surface area contributed by atoms with E-state index in [2.05, 4.69) is 15.4 Å². The summed E-state index contributed by atoms with van der Waals surface area (Å²) in [7, 11) is 0. The van der Waals surface area contributed by atoms with E-state index >= 15 is 0 Å².